The van der Waals surface area contributed by atoms with E-state index in [1.54, 1.807) is 0 Å². The Morgan fingerprint density at radius 3 is 2.53 bits per heavy atom. The van der Waals surface area contributed by atoms with E-state index in [-0.39, 0.29) is 0 Å². The van der Waals surface area contributed by atoms with Crippen molar-refractivity contribution in [3.8, 4) is 5.75 Å². The molecule has 0 atom stereocenters. The summed E-state index contributed by atoms with van der Waals surface area (Å²) in [5.74, 6) is 1.11. The second kappa shape index (κ2) is 3.12. The SMILES string of the molecule is CCOc1ccccc1C12CC(I)(C1)C2. The van der Waals surface area contributed by atoms with Crippen LogP contribution in [0.4, 0.5) is 0 Å². The number of ether oxygens (including phenoxy) is 1. The maximum Gasteiger partial charge on any atom is 0.123 e. The van der Waals surface area contributed by atoms with Crippen molar-refractivity contribution in [3.63, 3.8) is 0 Å². The van der Waals surface area contributed by atoms with E-state index in [4.69, 9.17) is 4.74 Å². The van der Waals surface area contributed by atoms with Crippen molar-refractivity contribution in [2.75, 3.05) is 6.61 Å². The molecule has 0 amide bonds. The van der Waals surface area contributed by atoms with Gasteiger partial charge in [-0.2, -0.15) is 0 Å². The van der Waals surface area contributed by atoms with Crippen LogP contribution in [0.15, 0.2) is 24.3 Å². The highest BCUT2D eigenvalue weighted by Gasteiger charge is 2.67. The van der Waals surface area contributed by atoms with Crippen molar-refractivity contribution >= 4 is 22.6 Å². The maximum absolute atomic E-state index is 5.71. The fourth-order valence-electron chi connectivity index (χ4n) is 3.14. The zero-order valence-electron chi connectivity index (χ0n) is 8.92. The molecule has 2 heteroatoms. The van der Waals surface area contributed by atoms with Gasteiger partial charge in [0.2, 0.25) is 0 Å². The molecule has 3 fully saturated rings. The quantitative estimate of drug-likeness (QED) is 0.611. The standard InChI is InChI=1S/C13H15IO/c1-2-15-11-6-4-3-5-10(11)12-7-13(14,8-12)9-12/h3-6H,2,7-9H2,1H3. The highest BCUT2D eigenvalue weighted by Crippen LogP contribution is 2.73. The van der Waals surface area contributed by atoms with Gasteiger partial charge in [-0.15, -0.1) is 0 Å². The van der Waals surface area contributed by atoms with Gasteiger partial charge in [-0.1, -0.05) is 40.8 Å². The normalized spacial score (nSPS) is 36.7. The summed E-state index contributed by atoms with van der Waals surface area (Å²) in [6.45, 7) is 2.82. The van der Waals surface area contributed by atoms with Gasteiger partial charge in [0, 0.05) is 14.4 Å². The van der Waals surface area contributed by atoms with Crippen LogP contribution in [0.3, 0.4) is 0 Å². The van der Waals surface area contributed by atoms with Crippen LogP contribution >= 0.6 is 22.6 Å². The van der Waals surface area contributed by atoms with Crippen molar-refractivity contribution in [2.24, 2.45) is 0 Å². The first-order chi connectivity index (χ1) is 7.18. The molecule has 0 saturated heterocycles. The summed E-state index contributed by atoms with van der Waals surface area (Å²) in [5.41, 5.74) is 1.93. The Balaban J connectivity index is 1.92. The van der Waals surface area contributed by atoms with Crippen molar-refractivity contribution < 1.29 is 4.74 Å². The minimum Gasteiger partial charge on any atom is -0.494 e. The summed E-state index contributed by atoms with van der Waals surface area (Å²) >= 11 is 2.62. The van der Waals surface area contributed by atoms with E-state index < -0.39 is 0 Å². The molecular weight excluding hydrogens is 299 g/mol. The first-order valence-electron chi connectivity index (χ1n) is 5.59. The average Bonchev–Trinajstić information content (AvgIpc) is 2.13. The summed E-state index contributed by atoms with van der Waals surface area (Å²) in [5, 5.41) is 0. The molecule has 3 aliphatic rings. The minimum atomic E-state index is 0.479. The lowest BCUT2D eigenvalue weighted by atomic mass is 9.42. The fourth-order valence-corrected chi connectivity index (χ4v) is 5.33. The molecule has 4 rings (SSSR count). The predicted octanol–water partition coefficient (Wildman–Crippen LogP) is 3.69. The number of rotatable bonds is 3. The summed E-state index contributed by atoms with van der Waals surface area (Å²) in [6.07, 6.45) is 4.06. The monoisotopic (exact) mass is 314 g/mol. The van der Waals surface area contributed by atoms with Crippen LogP contribution in [-0.2, 0) is 5.41 Å². The molecule has 0 radical (unpaired) electrons. The zero-order valence-corrected chi connectivity index (χ0v) is 11.1. The number of alkyl halides is 1. The van der Waals surface area contributed by atoms with Gasteiger partial charge < -0.3 is 4.74 Å². The minimum absolute atomic E-state index is 0.479. The molecular formula is C13H15IO. The van der Waals surface area contributed by atoms with Gasteiger partial charge >= 0.3 is 0 Å². The lowest BCUT2D eigenvalue weighted by Gasteiger charge is -2.68. The van der Waals surface area contributed by atoms with Crippen molar-refractivity contribution in [2.45, 2.75) is 35.0 Å². The van der Waals surface area contributed by atoms with Gasteiger partial charge in [0.1, 0.15) is 5.75 Å². The Morgan fingerprint density at radius 2 is 1.93 bits per heavy atom. The van der Waals surface area contributed by atoms with Gasteiger partial charge in [-0.25, -0.2) is 0 Å². The van der Waals surface area contributed by atoms with Crippen molar-refractivity contribution in [1.82, 2.24) is 0 Å². The number of benzene rings is 1. The zero-order chi connectivity index (χ0) is 10.5. The Labute approximate surface area is 104 Å². The molecule has 1 aromatic carbocycles. The van der Waals surface area contributed by atoms with Crippen LogP contribution in [0.25, 0.3) is 0 Å². The van der Waals surface area contributed by atoms with Crippen LogP contribution in [0.5, 0.6) is 5.75 Å². The second-order valence-electron chi connectivity index (χ2n) is 4.89. The highest BCUT2D eigenvalue weighted by atomic mass is 127. The van der Waals surface area contributed by atoms with Crippen LogP contribution in [0.2, 0.25) is 0 Å². The average molecular weight is 314 g/mol. The molecule has 0 spiro atoms. The second-order valence-corrected chi connectivity index (χ2v) is 7.18. The molecule has 0 N–H and O–H groups in total. The van der Waals surface area contributed by atoms with E-state index in [9.17, 15) is 0 Å². The largest absolute Gasteiger partial charge is 0.494 e. The van der Waals surface area contributed by atoms with E-state index in [1.165, 1.54) is 24.8 Å². The van der Waals surface area contributed by atoms with Gasteiger partial charge in [-0.05, 0) is 32.3 Å². The lowest BCUT2D eigenvalue weighted by molar-refractivity contribution is 0.0195. The predicted molar refractivity (Wildman–Crippen MR) is 69.9 cm³/mol. The Morgan fingerprint density at radius 1 is 1.27 bits per heavy atom. The molecule has 15 heavy (non-hydrogen) atoms. The summed E-state index contributed by atoms with van der Waals surface area (Å²) in [6, 6.07) is 8.57. The molecule has 0 unspecified atom stereocenters. The molecule has 0 heterocycles. The first-order valence-corrected chi connectivity index (χ1v) is 6.67. The molecule has 0 aromatic heterocycles. The molecule has 3 aliphatic carbocycles. The highest BCUT2D eigenvalue weighted by molar-refractivity contribution is 14.1. The van der Waals surface area contributed by atoms with E-state index in [2.05, 4.69) is 53.8 Å². The van der Waals surface area contributed by atoms with Gasteiger partial charge in [-0.3, -0.25) is 0 Å². The van der Waals surface area contributed by atoms with E-state index in [0.717, 1.165) is 12.4 Å². The van der Waals surface area contributed by atoms with Gasteiger partial charge in [0.25, 0.3) is 0 Å². The van der Waals surface area contributed by atoms with E-state index in [1.807, 2.05) is 0 Å². The molecule has 1 aromatic rings. The number of hydrogen-bond donors (Lipinski definition) is 0. The molecule has 0 aliphatic heterocycles. The Hall–Kier alpha value is -0.250. The van der Waals surface area contributed by atoms with E-state index in [0.29, 0.717) is 8.84 Å². The van der Waals surface area contributed by atoms with Gasteiger partial charge in [0.05, 0.1) is 6.61 Å². The summed E-state index contributed by atoms with van der Waals surface area (Å²) in [4.78, 5) is 0. The Bertz CT molecular complexity index is 380. The summed E-state index contributed by atoms with van der Waals surface area (Å²) < 4.78 is 6.35. The molecule has 2 bridgehead atoms. The third-order valence-electron chi connectivity index (χ3n) is 3.72. The van der Waals surface area contributed by atoms with Crippen LogP contribution < -0.4 is 4.74 Å². The molecule has 80 valence electrons. The number of para-hydroxylation sites is 1. The topological polar surface area (TPSA) is 9.23 Å². The summed E-state index contributed by atoms with van der Waals surface area (Å²) in [7, 11) is 0. The third kappa shape index (κ3) is 1.33. The van der Waals surface area contributed by atoms with Crippen molar-refractivity contribution in [3.05, 3.63) is 29.8 Å². The third-order valence-corrected chi connectivity index (χ3v) is 4.87. The molecule has 1 nitrogen and oxygen atoms in total. The maximum atomic E-state index is 5.71. The van der Waals surface area contributed by atoms with Crippen LogP contribution in [0, 0.1) is 0 Å². The number of halogens is 1. The van der Waals surface area contributed by atoms with Gasteiger partial charge in [0.15, 0.2) is 0 Å². The molecule has 3 saturated carbocycles. The van der Waals surface area contributed by atoms with Crippen molar-refractivity contribution in [1.29, 1.82) is 0 Å². The van der Waals surface area contributed by atoms with Crippen LogP contribution in [-0.4, -0.2) is 10.0 Å². The first kappa shape index (κ1) is 9.94. The lowest BCUT2D eigenvalue weighted by Crippen LogP contribution is -2.66. The van der Waals surface area contributed by atoms with Crippen LogP contribution in [0.1, 0.15) is 31.7 Å². The number of hydrogen-bond acceptors (Lipinski definition) is 1. The Kier molecular flexibility index (Phi) is 2.07. The van der Waals surface area contributed by atoms with E-state index >= 15 is 0 Å². The smallest absolute Gasteiger partial charge is 0.123 e. The fraction of sp³-hybridized carbons (Fsp3) is 0.538.